The van der Waals surface area contributed by atoms with Crippen molar-refractivity contribution in [2.75, 3.05) is 13.2 Å². The van der Waals surface area contributed by atoms with Crippen molar-refractivity contribution in [3.05, 3.63) is 158 Å². The number of allylic oxidation sites excluding steroid dienone is 26. The molecule has 1 saturated heterocycles. The number of carboxylic acids is 1. The highest BCUT2D eigenvalue weighted by molar-refractivity contribution is 5.74. The van der Waals surface area contributed by atoms with E-state index in [1.165, 1.54) is 0 Å². The zero-order valence-corrected chi connectivity index (χ0v) is 48.3. The van der Waals surface area contributed by atoms with Gasteiger partial charge in [0, 0.05) is 19.3 Å². The van der Waals surface area contributed by atoms with Gasteiger partial charge in [-0.2, -0.15) is 0 Å². The average molecular weight is 1100 g/mol. The molecule has 0 aliphatic carbocycles. The van der Waals surface area contributed by atoms with Gasteiger partial charge in [-0.3, -0.25) is 14.4 Å². The lowest BCUT2D eigenvalue weighted by atomic mass is 9.98. The van der Waals surface area contributed by atoms with E-state index in [0.717, 1.165) is 122 Å². The van der Waals surface area contributed by atoms with Crippen LogP contribution in [0.25, 0.3) is 0 Å². The topological polar surface area (TPSA) is 175 Å². The van der Waals surface area contributed by atoms with Crippen molar-refractivity contribution >= 4 is 23.9 Å². The Labute approximate surface area is 475 Å². The Morgan fingerprint density at radius 2 is 0.785 bits per heavy atom. The van der Waals surface area contributed by atoms with Crippen molar-refractivity contribution in [1.29, 1.82) is 0 Å². The molecule has 0 aromatic rings. The van der Waals surface area contributed by atoms with Crippen molar-refractivity contribution < 1.29 is 58.2 Å². The number of rotatable bonds is 47. The van der Waals surface area contributed by atoms with Gasteiger partial charge in [-0.1, -0.05) is 198 Å². The molecule has 0 aromatic carbocycles. The lowest BCUT2D eigenvalue weighted by molar-refractivity contribution is -0.301. The van der Waals surface area contributed by atoms with Gasteiger partial charge in [0.2, 0.25) is 0 Å². The van der Waals surface area contributed by atoms with Crippen LogP contribution in [0.3, 0.4) is 0 Å². The van der Waals surface area contributed by atoms with Gasteiger partial charge in [-0.05, 0) is 128 Å². The molecule has 6 unspecified atom stereocenters. The van der Waals surface area contributed by atoms with E-state index < -0.39 is 67.3 Å². The Kier molecular flexibility index (Phi) is 47.9. The molecule has 0 bridgehead atoms. The van der Waals surface area contributed by atoms with Gasteiger partial charge < -0.3 is 39.0 Å². The number of carbonyl (C=O) groups excluding carboxylic acids is 3. The van der Waals surface area contributed by atoms with Crippen LogP contribution in [0.4, 0.5) is 0 Å². The number of carbonyl (C=O) groups is 4. The van der Waals surface area contributed by atoms with Crippen LogP contribution in [0.15, 0.2) is 158 Å². The van der Waals surface area contributed by atoms with Crippen molar-refractivity contribution in [1.82, 2.24) is 0 Å². The molecular weight excluding hydrogens is 997 g/mol. The van der Waals surface area contributed by atoms with E-state index >= 15 is 0 Å². The zero-order chi connectivity index (χ0) is 57.5. The molecule has 12 nitrogen and oxygen atoms in total. The van der Waals surface area contributed by atoms with Crippen molar-refractivity contribution in [3.8, 4) is 0 Å². The van der Waals surface area contributed by atoms with Crippen LogP contribution in [0, 0.1) is 0 Å². The first-order chi connectivity index (χ1) is 38.6. The predicted octanol–water partition coefficient (Wildman–Crippen LogP) is 15.3. The van der Waals surface area contributed by atoms with Crippen molar-refractivity contribution in [2.45, 2.75) is 225 Å². The Bertz CT molecular complexity index is 1980. The van der Waals surface area contributed by atoms with E-state index in [1.54, 1.807) is 0 Å². The van der Waals surface area contributed by atoms with Crippen LogP contribution < -0.4 is 0 Å². The highest BCUT2D eigenvalue weighted by Crippen LogP contribution is 2.26. The number of aliphatic hydroxyl groups excluding tert-OH is 2. The fraction of sp³-hybridized carbons (Fsp3) is 0.552. The van der Waals surface area contributed by atoms with Gasteiger partial charge in [-0.15, -0.1) is 0 Å². The average Bonchev–Trinajstić information content (AvgIpc) is 3.46. The number of aliphatic hydroxyl groups is 2. The summed E-state index contributed by atoms with van der Waals surface area (Å²) in [5, 5.41) is 31.5. The van der Waals surface area contributed by atoms with E-state index in [9.17, 15) is 34.5 Å². The molecule has 3 N–H and O–H groups in total. The van der Waals surface area contributed by atoms with Crippen LogP contribution in [-0.2, 0) is 42.9 Å². The fourth-order valence-electron chi connectivity index (χ4n) is 7.69. The van der Waals surface area contributed by atoms with Crippen LogP contribution in [0.2, 0.25) is 0 Å². The minimum Gasteiger partial charge on any atom is -0.479 e. The number of aliphatic carboxylic acids is 1. The molecule has 0 amide bonds. The van der Waals surface area contributed by atoms with Gasteiger partial charge >= 0.3 is 23.9 Å². The molecule has 440 valence electrons. The molecule has 12 heteroatoms. The van der Waals surface area contributed by atoms with Gasteiger partial charge in [0.1, 0.15) is 18.8 Å². The van der Waals surface area contributed by atoms with Crippen LogP contribution in [-0.4, -0.2) is 89.2 Å². The molecule has 1 fully saturated rings. The Morgan fingerprint density at radius 3 is 1.20 bits per heavy atom. The molecule has 0 radical (unpaired) electrons. The van der Waals surface area contributed by atoms with E-state index in [1.807, 2.05) is 18.2 Å². The molecule has 0 aromatic heterocycles. The second-order valence-electron chi connectivity index (χ2n) is 19.1. The first kappa shape index (κ1) is 71.4. The van der Waals surface area contributed by atoms with Crippen LogP contribution >= 0.6 is 0 Å². The van der Waals surface area contributed by atoms with Crippen molar-refractivity contribution in [2.24, 2.45) is 0 Å². The standard InChI is InChI=1S/C67H100O12/c1-4-7-10-13-16-19-22-25-27-29-30-32-34-37-40-43-46-49-52-55-61(70)78-65-63(72)62(71)64(66(73)74)79-67(65)76-57-58(77-60(69)54-51-48-45-42-39-35-24-21-18-15-12-9-6-3)56-75-59(68)53-50-47-44-41-38-36-33-31-28-26-23-20-17-14-11-8-5-2/h7-12,16-21,25-28,30,32-33,35-37,39-40,45,48,58,62-65,67,71-72H,4-6,13-15,22-24,29,31,34,38,41-44,46-47,49-57H2,1-3H3,(H,73,74)/b10-7-,11-8-,12-9-,19-16-,20-17-,21-18-,27-25-,28-26-,32-30-,36-33-,39-35-,40-37-,48-45-. The number of esters is 3. The number of carboxylic acid groups (broad SMARTS) is 1. The lowest BCUT2D eigenvalue weighted by Crippen LogP contribution is -2.61. The third-order valence-electron chi connectivity index (χ3n) is 12.1. The number of hydrogen-bond acceptors (Lipinski definition) is 11. The fourth-order valence-corrected chi connectivity index (χ4v) is 7.69. The SMILES string of the molecule is CC/C=C\C/C=C\C/C=C\C/C=C\C/C=C\CCCCCC(=O)OC1C(OCC(COC(=O)CCCCCC/C=C\C/C=C\C/C=C\C/C=C\CC)OC(=O)CC/C=C\C/C=C\C/C=C\C/C=C\CC)OC(C(=O)O)C(O)C1O. The van der Waals surface area contributed by atoms with Crippen LogP contribution in [0.1, 0.15) is 188 Å². The van der Waals surface area contributed by atoms with Gasteiger partial charge in [0.25, 0.3) is 0 Å². The van der Waals surface area contributed by atoms with Crippen molar-refractivity contribution in [3.63, 3.8) is 0 Å². The van der Waals surface area contributed by atoms with E-state index in [-0.39, 0.29) is 25.9 Å². The first-order valence-corrected chi connectivity index (χ1v) is 29.5. The number of ether oxygens (including phenoxy) is 5. The summed E-state index contributed by atoms with van der Waals surface area (Å²) in [6, 6.07) is 0. The Balaban J connectivity index is 2.76. The third kappa shape index (κ3) is 42.9. The molecular formula is C67H100O12. The summed E-state index contributed by atoms with van der Waals surface area (Å²) in [7, 11) is 0. The second kappa shape index (κ2) is 53.0. The maximum absolute atomic E-state index is 13.1. The highest BCUT2D eigenvalue weighted by atomic mass is 16.7. The zero-order valence-electron chi connectivity index (χ0n) is 48.3. The molecule has 0 saturated carbocycles. The first-order valence-electron chi connectivity index (χ1n) is 29.5. The predicted molar refractivity (Wildman–Crippen MR) is 321 cm³/mol. The second-order valence-corrected chi connectivity index (χ2v) is 19.1. The summed E-state index contributed by atoms with van der Waals surface area (Å²) >= 11 is 0. The van der Waals surface area contributed by atoms with E-state index in [2.05, 4.69) is 161 Å². The molecule has 1 aliphatic heterocycles. The molecule has 0 spiro atoms. The molecule has 6 atom stereocenters. The summed E-state index contributed by atoms with van der Waals surface area (Å²) in [5.41, 5.74) is 0. The summed E-state index contributed by atoms with van der Waals surface area (Å²) < 4.78 is 28.3. The largest absolute Gasteiger partial charge is 0.479 e. The van der Waals surface area contributed by atoms with Gasteiger partial charge in [0.05, 0.1) is 6.61 Å². The van der Waals surface area contributed by atoms with Gasteiger partial charge in [0.15, 0.2) is 24.6 Å². The maximum Gasteiger partial charge on any atom is 0.335 e. The molecule has 1 heterocycles. The van der Waals surface area contributed by atoms with Crippen LogP contribution in [0.5, 0.6) is 0 Å². The smallest absolute Gasteiger partial charge is 0.335 e. The lowest BCUT2D eigenvalue weighted by Gasteiger charge is -2.40. The Morgan fingerprint density at radius 1 is 0.418 bits per heavy atom. The quantitative estimate of drug-likeness (QED) is 0.0228. The minimum absolute atomic E-state index is 0.000809. The normalized spacial score (nSPS) is 19.0. The maximum atomic E-state index is 13.1. The Hall–Kier alpha value is -5.66. The number of hydrogen-bond donors (Lipinski definition) is 3. The van der Waals surface area contributed by atoms with E-state index in [0.29, 0.717) is 25.7 Å². The minimum atomic E-state index is -1.94. The third-order valence-corrected chi connectivity index (χ3v) is 12.1. The summed E-state index contributed by atoms with van der Waals surface area (Å²) in [4.78, 5) is 51.1. The highest BCUT2D eigenvalue weighted by Gasteiger charge is 2.50. The molecule has 79 heavy (non-hydrogen) atoms. The molecule has 1 aliphatic rings. The monoisotopic (exact) mass is 1100 g/mol. The summed E-state index contributed by atoms with van der Waals surface area (Å²) in [6.07, 6.45) is 65.1. The van der Waals surface area contributed by atoms with E-state index in [4.69, 9.17) is 23.7 Å². The summed E-state index contributed by atoms with van der Waals surface area (Å²) in [6.45, 7) is 5.53. The number of unbranched alkanes of at least 4 members (excludes halogenated alkanes) is 7. The van der Waals surface area contributed by atoms with Gasteiger partial charge in [-0.25, -0.2) is 4.79 Å². The summed E-state index contributed by atoms with van der Waals surface area (Å²) in [5.74, 6) is -3.34. The molecule has 1 rings (SSSR count).